The molecular weight excluding hydrogens is 460 g/mol. The third kappa shape index (κ3) is 5.92. The van der Waals surface area contributed by atoms with E-state index in [4.69, 9.17) is 4.74 Å². The fourth-order valence-corrected chi connectivity index (χ4v) is 3.87. The van der Waals surface area contributed by atoms with Gasteiger partial charge in [0.2, 0.25) is 5.95 Å². The summed E-state index contributed by atoms with van der Waals surface area (Å²) in [6.45, 7) is 8.26. The van der Waals surface area contributed by atoms with Gasteiger partial charge >= 0.3 is 6.09 Å². The van der Waals surface area contributed by atoms with Crippen molar-refractivity contribution in [2.24, 2.45) is 0 Å². The zero-order valence-electron chi connectivity index (χ0n) is 20.2. The Morgan fingerprint density at radius 1 is 1.09 bits per heavy atom. The molecule has 2 saturated heterocycles. The van der Waals surface area contributed by atoms with E-state index in [-0.39, 0.29) is 30.8 Å². The first kappa shape index (κ1) is 24.6. The smallest absolute Gasteiger partial charge is 0.410 e. The Balaban J connectivity index is 1.31. The molecule has 2 fully saturated rings. The second-order valence-electron chi connectivity index (χ2n) is 9.81. The molecule has 2 aliphatic rings. The van der Waals surface area contributed by atoms with Gasteiger partial charge in [-0.15, -0.1) is 0 Å². The molecule has 0 bridgehead atoms. The third-order valence-corrected chi connectivity index (χ3v) is 5.61. The van der Waals surface area contributed by atoms with Crippen LogP contribution in [0.3, 0.4) is 0 Å². The van der Waals surface area contributed by atoms with Crippen molar-refractivity contribution >= 4 is 29.5 Å². The number of aromatic nitrogens is 3. The van der Waals surface area contributed by atoms with Crippen molar-refractivity contribution in [1.82, 2.24) is 19.9 Å². The topological polar surface area (TPSA) is 104 Å². The van der Waals surface area contributed by atoms with Crippen LogP contribution in [0, 0.1) is 0 Å². The molecule has 2 aromatic rings. The highest BCUT2D eigenvalue weighted by Gasteiger charge is 2.44. The summed E-state index contributed by atoms with van der Waals surface area (Å²) in [4.78, 5) is 42.8. The molecule has 0 spiro atoms. The summed E-state index contributed by atoms with van der Waals surface area (Å²) >= 11 is 0. The molecule has 2 amide bonds. The predicted molar refractivity (Wildman–Crippen MR) is 126 cm³/mol. The summed E-state index contributed by atoms with van der Waals surface area (Å²) in [5.74, 6) is -2.20. The quantitative estimate of drug-likeness (QED) is 0.699. The fraction of sp³-hybridized carbons (Fsp3) is 0.522. The van der Waals surface area contributed by atoms with Gasteiger partial charge in [0.15, 0.2) is 0 Å². The van der Waals surface area contributed by atoms with E-state index >= 15 is 0 Å². The highest BCUT2D eigenvalue weighted by atomic mass is 19.3. The van der Waals surface area contributed by atoms with Gasteiger partial charge in [-0.1, -0.05) is 0 Å². The Morgan fingerprint density at radius 3 is 2.31 bits per heavy atom. The van der Waals surface area contributed by atoms with Crippen molar-refractivity contribution in [3.8, 4) is 0 Å². The molecule has 4 heterocycles. The van der Waals surface area contributed by atoms with Crippen molar-refractivity contribution in [2.45, 2.75) is 45.3 Å². The lowest BCUT2D eigenvalue weighted by Crippen LogP contribution is -2.56. The minimum Gasteiger partial charge on any atom is -0.444 e. The number of alkyl halides is 2. The largest absolute Gasteiger partial charge is 0.444 e. The van der Waals surface area contributed by atoms with Gasteiger partial charge in [-0.2, -0.15) is 0 Å². The van der Waals surface area contributed by atoms with Crippen molar-refractivity contribution in [3.05, 3.63) is 36.3 Å². The Bertz CT molecular complexity index is 1070. The number of amides is 2. The molecule has 188 valence electrons. The molecule has 0 aliphatic carbocycles. The number of carbonyl (C=O) groups excluding carboxylic acids is 2. The van der Waals surface area contributed by atoms with Crippen LogP contribution in [0.4, 0.5) is 31.0 Å². The van der Waals surface area contributed by atoms with Crippen LogP contribution in [0.25, 0.3) is 0 Å². The van der Waals surface area contributed by atoms with Crippen LogP contribution in [0.1, 0.15) is 38.1 Å². The molecule has 1 atom stereocenters. The minimum absolute atomic E-state index is 0.0207. The van der Waals surface area contributed by atoms with Crippen LogP contribution < -0.4 is 15.1 Å². The molecule has 0 radical (unpaired) electrons. The van der Waals surface area contributed by atoms with Gasteiger partial charge in [0.05, 0.1) is 36.7 Å². The molecule has 0 aromatic carbocycles. The standard InChI is InChI=1S/C23H29F2N7O3/c1-15-12-30(21(34)35-22(2,3)4)7-8-32(15)20-27-10-17(11-28-20)29-19(33)16-5-6-18(26-9-16)31-13-23(24,25)14-31/h5-6,9-11,15H,7-8,12-14H2,1-4H3,(H,29,33)/t15-/m0/s1. The van der Waals surface area contributed by atoms with Crippen molar-refractivity contribution < 1.29 is 23.1 Å². The molecular formula is C23H29F2N7O3. The van der Waals surface area contributed by atoms with Crippen LogP contribution in [-0.4, -0.2) is 82.1 Å². The van der Waals surface area contributed by atoms with Crippen molar-refractivity contribution in [1.29, 1.82) is 0 Å². The predicted octanol–water partition coefficient (Wildman–Crippen LogP) is 3.02. The second kappa shape index (κ2) is 9.23. The number of pyridine rings is 1. The third-order valence-electron chi connectivity index (χ3n) is 5.61. The summed E-state index contributed by atoms with van der Waals surface area (Å²) < 4.78 is 31.5. The van der Waals surface area contributed by atoms with Gasteiger partial charge in [-0.05, 0) is 39.8 Å². The molecule has 2 aliphatic heterocycles. The Hall–Kier alpha value is -3.57. The number of carbonyl (C=O) groups is 2. The number of hydrogen-bond acceptors (Lipinski definition) is 8. The summed E-state index contributed by atoms with van der Waals surface area (Å²) in [6.07, 6.45) is 4.03. The number of piperazine rings is 1. The number of nitrogens with one attached hydrogen (secondary N) is 1. The summed E-state index contributed by atoms with van der Waals surface area (Å²) in [6, 6.07) is 3.06. The van der Waals surface area contributed by atoms with Crippen molar-refractivity contribution in [3.63, 3.8) is 0 Å². The molecule has 2 aromatic heterocycles. The van der Waals surface area contributed by atoms with E-state index < -0.39 is 17.4 Å². The van der Waals surface area contributed by atoms with Gasteiger partial charge in [0, 0.05) is 31.9 Å². The summed E-state index contributed by atoms with van der Waals surface area (Å²) in [5.41, 5.74) is 0.146. The average Bonchev–Trinajstić information content (AvgIpc) is 2.77. The van der Waals surface area contributed by atoms with Gasteiger partial charge in [-0.3, -0.25) is 4.79 Å². The van der Waals surface area contributed by atoms with Crippen LogP contribution in [0.15, 0.2) is 30.7 Å². The van der Waals surface area contributed by atoms with E-state index in [0.717, 1.165) is 0 Å². The first-order valence-corrected chi connectivity index (χ1v) is 11.4. The minimum atomic E-state index is -2.69. The average molecular weight is 490 g/mol. The molecule has 35 heavy (non-hydrogen) atoms. The first-order valence-electron chi connectivity index (χ1n) is 11.4. The molecule has 4 rings (SSSR count). The zero-order valence-corrected chi connectivity index (χ0v) is 20.2. The molecule has 0 saturated carbocycles. The molecule has 1 N–H and O–H groups in total. The van der Waals surface area contributed by atoms with Gasteiger partial charge in [0.1, 0.15) is 11.4 Å². The van der Waals surface area contributed by atoms with Gasteiger partial charge < -0.3 is 24.8 Å². The number of anilines is 3. The molecule has 12 heteroatoms. The molecule has 10 nitrogen and oxygen atoms in total. The zero-order chi connectivity index (χ0) is 25.4. The lowest BCUT2D eigenvalue weighted by atomic mass is 10.1. The lowest BCUT2D eigenvalue weighted by molar-refractivity contribution is -0.0267. The monoisotopic (exact) mass is 489 g/mol. The van der Waals surface area contributed by atoms with E-state index in [1.165, 1.54) is 29.6 Å². The molecule has 0 unspecified atom stereocenters. The Labute approximate surface area is 202 Å². The highest BCUT2D eigenvalue weighted by molar-refractivity contribution is 6.04. The number of rotatable bonds is 4. The van der Waals surface area contributed by atoms with E-state index in [9.17, 15) is 18.4 Å². The maximum Gasteiger partial charge on any atom is 0.410 e. The van der Waals surface area contributed by atoms with Gasteiger partial charge in [-0.25, -0.2) is 28.5 Å². The maximum atomic E-state index is 13.0. The van der Waals surface area contributed by atoms with E-state index in [2.05, 4.69) is 20.3 Å². The summed E-state index contributed by atoms with van der Waals surface area (Å²) in [7, 11) is 0. The van der Waals surface area contributed by atoms with Crippen LogP contribution in [0.2, 0.25) is 0 Å². The summed E-state index contributed by atoms with van der Waals surface area (Å²) in [5, 5.41) is 2.71. The first-order chi connectivity index (χ1) is 16.4. The van der Waals surface area contributed by atoms with E-state index in [1.54, 1.807) is 11.0 Å². The number of halogens is 2. The maximum absolute atomic E-state index is 13.0. The second-order valence-corrected chi connectivity index (χ2v) is 9.81. The Morgan fingerprint density at radius 2 is 1.77 bits per heavy atom. The lowest BCUT2D eigenvalue weighted by Gasteiger charge is -2.40. The highest BCUT2D eigenvalue weighted by Crippen LogP contribution is 2.30. The van der Waals surface area contributed by atoms with Crippen molar-refractivity contribution in [2.75, 3.05) is 47.8 Å². The van der Waals surface area contributed by atoms with E-state index in [0.29, 0.717) is 37.1 Å². The fourth-order valence-electron chi connectivity index (χ4n) is 3.87. The van der Waals surface area contributed by atoms with Crippen LogP contribution in [-0.2, 0) is 4.74 Å². The van der Waals surface area contributed by atoms with Crippen LogP contribution >= 0.6 is 0 Å². The van der Waals surface area contributed by atoms with E-state index in [1.807, 2.05) is 32.6 Å². The van der Waals surface area contributed by atoms with Gasteiger partial charge in [0.25, 0.3) is 11.8 Å². The van der Waals surface area contributed by atoms with Crippen LogP contribution in [0.5, 0.6) is 0 Å². The Kier molecular flexibility index (Phi) is 6.48. The number of ether oxygens (including phenoxy) is 1. The normalized spacial score (nSPS) is 19.7. The SMILES string of the molecule is C[C@H]1CN(C(=O)OC(C)(C)C)CCN1c1ncc(NC(=O)c2ccc(N3CC(F)(F)C3)nc2)cn1. The number of nitrogens with zero attached hydrogens (tertiary/aromatic N) is 6. The number of hydrogen-bond donors (Lipinski definition) is 1.